The summed E-state index contributed by atoms with van der Waals surface area (Å²) in [5, 5.41) is 0. The van der Waals surface area contributed by atoms with E-state index >= 15 is 0 Å². The molecule has 0 bridgehead atoms. The van der Waals surface area contributed by atoms with Gasteiger partial charge in [-0.2, -0.15) is 0 Å². The number of rotatable bonds is 0. The summed E-state index contributed by atoms with van der Waals surface area (Å²) in [6, 6.07) is 0. The molecule has 0 radical (unpaired) electrons. The van der Waals surface area contributed by atoms with E-state index in [2.05, 4.69) is 18.0 Å². The third-order valence-electron chi connectivity index (χ3n) is 2.64. The molecule has 0 saturated heterocycles. The maximum absolute atomic E-state index is 4.38. The molecule has 1 fully saturated rings. The van der Waals surface area contributed by atoms with Gasteiger partial charge < -0.3 is 0 Å². The molecule has 1 heterocycles. The molecule has 2 rings (SSSR count). The predicted molar refractivity (Wildman–Crippen MR) is 43.1 cm³/mol. The second-order valence-corrected chi connectivity index (χ2v) is 3.32. The molecule has 54 valence electrons. The first-order valence-corrected chi connectivity index (χ1v) is 4.11. The molecule has 0 spiro atoms. The van der Waals surface area contributed by atoms with Crippen molar-refractivity contribution in [1.82, 2.24) is 0 Å². The number of hydrogen-bond acceptors (Lipinski definition) is 1. The van der Waals surface area contributed by atoms with E-state index < -0.39 is 0 Å². The molecular formula is C9H13N. The molecule has 1 saturated carbocycles. The quantitative estimate of drug-likeness (QED) is 0.483. The average Bonchev–Trinajstić information content (AvgIpc) is 2.36. The van der Waals surface area contributed by atoms with Gasteiger partial charge in [-0.25, -0.2) is 0 Å². The van der Waals surface area contributed by atoms with E-state index in [-0.39, 0.29) is 0 Å². The van der Waals surface area contributed by atoms with Crippen LogP contribution in [0.3, 0.4) is 0 Å². The third kappa shape index (κ3) is 0.808. The Morgan fingerprint density at radius 1 is 1.60 bits per heavy atom. The highest BCUT2D eigenvalue weighted by molar-refractivity contribution is 5.90. The highest BCUT2D eigenvalue weighted by atomic mass is 14.7. The molecule has 0 amide bonds. The molecule has 2 unspecified atom stereocenters. The van der Waals surface area contributed by atoms with Crippen molar-refractivity contribution in [2.45, 2.75) is 26.2 Å². The largest absolute Gasteiger partial charge is 0.266 e. The number of allylic oxidation sites excluding steroid dienone is 1. The van der Waals surface area contributed by atoms with Gasteiger partial charge in [-0.3, -0.25) is 4.99 Å². The third-order valence-corrected chi connectivity index (χ3v) is 2.64. The fraction of sp³-hybridized carbons (Fsp3) is 0.667. The van der Waals surface area contributed by atoms with Crippen molar-refractivity contribution < 1.29 is 0 Å². The van der Waals surface area contributed by atoms with Gasteiger partial charge in [0.25, 0.3) is 0 Å². The maximum Gasteiger partial charge on any atom is 0.0230 e. The van der Waals surface area contributed by atoms with Gasteiger partial charge in [0.2, 0.25) is 0 Å². The van der Waals surface area contributed by atoms with E-state index in [1.807, 2.05) is 6.20 Å². The first kappa shape index (κ1) is 6.14. The fourth-order valence-corrected chi connectivity index (χ4v) is 1.99. The SMILES string of the molecule is CC1C=CN=C2CCCC21. The van der Waals surface area contributed by atoms with Gasteiger partial charge >= 0.3 is 0 Å². The molecule has 0 N–H and O–H groups in total. The van der Waals surface area contributed by atoms with Crippen molar-refractivity contribution in [3.05, 3.63) is 12.3 Å². The Labute approximate surface area is 61.9 Å². The molecule has 10 heavy (non-hydrogen) atoms. The average molecular weight is 135 g/mol. The number of hydrogen-bond donors (Lipinski definition) is 0. The molecule has 2 aliphatic rings. The van der Waals surface area contributed by atoms with Crippen LogP contribution >= 0.6 is 0 Å². The molecule has 0 aromatic heterocycles. The highest BCUT2D eigenvalue weighted by Crippen LogP contribution is 2.32. The Morgan fingerprint density at radius 3 is 3.30 bits per heavy atom. The van der Waals surface area contributed by atoms with Crippen LogP contribution in [0.5, 0.6) is 0 Å². The second-order valence-electron chi connectivity index (χ2n) is 3.32. The Hall–Kier alpha value is -0.590. The van der Waals surface area contributed by atoms with Crippen molar-refractivity contribution >= 4 is 5.71 Å². The summed E-state index contributed by atoms with van der Waals surface area (Å²) in [5.41, 5.74) is 1.45. The lowest BCUT2D eigenvalue weighted by Crippen LogP contribution is -2.16. The summed E-state index contributed by atoms with van der Waals surface area (Å²) in [7, 11) is 0. The minimum Gasteiger partial charge on any atom is -0.266 e. The van der Waals surface area contributed by atoms with Gasteiger partial charge in [-0.1, -0.05) is 13.0 Å². The monoisotopic (exact) mass is 135 g/mol. The van der Waals surface area contributed by atoms with Crippen LogP contribution in [0.15, 0.2) is 17.3 Å². The Kier molecular flexibility index (Phi) is 1.37. The molecular weight excluding hydrogens is 122 g/mol. The first-order valence-electron chi connectivity index (χ1n) is 4.11. The Morgan fingerprint density at radius 2 is 2.50 bits per heavy atom. The van der Waals surface area contributed by atoms with Crippen LogP contribution in [0.2, 0.25) is 0 Å². The molecule has 1 nitrogen and oxygen atoms in total. The zero-order valence-electron chi connectivity index (χ0n) is 6.38. The van der Waals surface area contributed by atoms with E-state index in [9.17, 15) is 0 Å². The van der Waals surface area contributed by atoms with Crippen LogP contribution in [0.1, 0.15) is 26.2 Å². The van der Waals surface area contributed by atoms with Crippen LogP contribution in [-0.4, -0.2) is 5.71 Å². The molecule has 2 atom stereocenters. The maximum atomic E-state index is 4.38. The lowest BCUT2D eigenvalue weighted by molar-refractivity contribution is 0.527. The van der Waals surface area contributed by atoms with Crippen molar-refractivity contribution in [1.29, 1.82) is 0 Å². The normalized spacial score (nSPS) is 37.5. The molecule has 0 aromatic rings. The predicted octanol–water partition coefficient (Wildman–Crippen LogP) is 2.39. The summed E-state index contributed by atoms with van der Waals surface area (Å²) >= 11 is 0. The lowest BCUT2D eigenvalue weighted by Gasteiger charge is -2.18. The topological polar surface area (TPSA) is 12.4 Å². The summed E-state index contributed by atoms with van der Waals surface area (Å²) in [6.07, 6.45) is 8.17. The van der Waals surface area contributed by atoms with E-state index in [1.165, 1.54) is 25.0 Å². The van der Waals surface area contributed by atoms with Crippen molar-refractivity contribution in [3.8, 4) is 0 Å². The smallest absolute Gasteiger partial charge is 0.0230 e. The fourth-order valence-electron chi connectivity index (χ4n) is 1.99. The molecule has 1 aliphatic heterocycles. The summed E-state index contributed by atoms with van der Waals surface area (Å²) < 4.78 is 0. The first-order chi connectivity index (χ1) is 4.88. The van der Waals surface area contributed by atoms with Crippen LogP contribution in [0, 0.1) is 11.8 Å². The van der Waals surface area contributed by atoms with E-state index in [1.54, 1.807) is 0 Å². The van der Waals surface area contributed by atoms with E-state index in [0.717, 1.165) is 11.8 Å². The summed E-state index contributed by atoms with van der Waals surface area (Å²) in [4.78, 5) is 4.38. The summed E-state index contributed by atoms with van der Waals surface area (Å²) in [5.74, 6) is 1.54. The minimum atomic E-state index is 0.745. The van der Waals surface area contributed by atoms with Gasteiger partial charge in [0.1, 0.15) is 0 Å². The Balaban J connectivity index is 2.25. The zero-order valence-corrected chi connectivity index (χ0v) is 6.38. The lowest BCUT2D eigenvalue weighted by atomic mass is 9.90. The van der Waals surface area contributed by atoms with Crippen molar-refractivity contribution in [2.24, 2.45) is 16.8 Å². The molecule has 1 heteroatoms. The molecule has 1 aliphatic carbocycles. The van der Waals surface area contributed by atoms with Gasteiger partial charge in [-0.15, -0.1) is 0 Å². The van der Waals surface area contributed by atoms with Crippen molar-refractivity contribution in [3.63, 3.8) is 0 Å². The number of aliphatic imine (C=N–C) groups is 1. The zero-order chi connectivity index (χ0) is 6.97. The standard InChI is InChI=1S/C9H13N/c1-7-5-6-10-9-4-2-3-8(7)9/h5-8H,2-4H2,1H3. The van der Waals surface area contributed by atoms with Gasteiger partial charge in [0.05, 0.1) is 0 Å². The van der Waals surface area contributed by atoms with Crippen LogP contribution in [0.25, 0.3) is 0 Å². The van der Waals surface area contributed by atoms with Crippen LogP contribution < -0.4 is 0 Å². The van der Waals surface area contributed by atoms with Gasteiger partial charge in [0.15, 0.2) is 0 Å². The summed E-state index contributed by atoms with van der Waals surface area (Å²) in [6.45, 7) is 2.29. The van der Waals surface area contributed by atoms with Gasteiger partial charge in [0, 0.05) is 17.8 Å². The van der Waals surface area contributed by atoms with E-state index in [0.29, 0.717) is 0 Å². The second kappa shape index (κ2) is 2.22. The number of nitrogens with zero attached hydrogens (tertiary/aromatic N) is 1. The highest BCUT2D eigenvalue weighted by Gasteiger charge is 2.27. The number of fused-ring (bicyclic) bond motifs is 1. The van der Waals surface area contributed by atoms with Crippen LogP contribution in [0.4, 0.5) is 0 Å². The van der Waals surface area contributed by atoms with Gasteiger partial charge in [-0.05, 0) is 25.2 Å². The minimum absolute atomic E-state index is 0.745. The van der Waals surface area contributed by atoms with Crippen molar-refractivity contribution in [2.75, 3.05) is 0 Å². The Bertz CT molecular complexity index is 191. The van der Waals surface area contributed by atoms with Crippen LogP contribution in [-0.2, 0) is 0 Å². The van der Waals surface area contributed by atoms with E-state index in [4.69, 9.17) is 0 Å². The molecule has 0 aromatic carbocycles.